The summed E-state index contributed by atoms with van der Waals surface area (Å²) in [5.74, 6) is -0.152. The second-order valence-electron chi connectivity index (χ2n) is 7.48. The molecule has 0 radical (unpaired) electrons. The highest BCUT2D eigenvalue weighted by Gasteiger charge is 2.34. The van der Waals surface area contributed by atoms with Crippen LogP contribution in [0.25, 0.3) is 0 Å². The van der Waals surface area contributed by atoms with Crippen molar-refractivity contribution in [1.29, 1.82) is 0 Å². The van der Waals surface area contributed by atoms with E-state index in [9.17, 15) is 9.59 Å². The van der Waals surface area contributed by atoms with Crippen LogP contribution in [0.5, 0.6) is 0 Å². The molecule has 0 spiro atoms. The Morgan fingerprint density at radius 3 is 2.81 bits per heavy atom. The number of nitrogens with one attached hydrogen (secondary N) is 2. The van der Waals surface area contributed by atoms with Crippen LogP contribution in [0.15, 0.2) is 24.3 Å². The highest BCUT2D eigenvalue weighted by atomic mass is 16.5. The van der Waals surface area contributed by atoms with Gasteiger partial charge in [0.25, 0.3) is 0 Å². The number of benzene rings is 1. The highest BCUT2D eigenvalue weighted by molar-refractivity contribution is 6.04. The van der Waals surface area contributed by atoms with Crippen LogP contribution in [0.1, 0.15) is 24.3 Å². The molecule has 0 unspecified atom stereocenters. The summed E-state index contributed by atoms with van der Waals surface area (Å²) in [4.78, 5) is 27.2. The number of anilines is 1. The second kappa shape index (κ2) is 8.37. The lowest BCUT2D eigenvalue weighted by Gasteiger charge is -2.37. The van der Waals surface area contributed by atoms with Crippen LogP contribution in [-0.4, -0.2) is 68.8 Å². The van der Waals surface area contributed by atoms with Gasteiger partial charge in [0.15, 0.2) is 0 Å². The first-order valence-corrected chi connectivity index (χ1v) is 9.78. The van der Waals surface area contributed by atoms with Crippen molar-refractivity contribution in [2.24, 2.45) is 5.92 Å². The number of nitrogens with zero attached hydrogens (tertiary/aromatic N) is 1. The smallest absolute Gasteiger partial charge is 0.232 e. The molecule has 0 bridgehead atoms. The SMILES string of the molecule is O=C(C[C@@H]1C(=O)Nc2ccccc21)NC[C@H]([C@H]1CCOC1)N1CCOCC1. The molecule has 0 aromatic heterocycles. The minimum absolute atomic E-state index is 0.0796. The van der Waals surface area contributed by atoms with E-state index in [2.05, 4.69) is 15.5 Å². The maximum absolute atomic E-state index is 12.6. The molecule has 3 aliphatic rings. The lowest BCUT2D eigenvalue weighted by Crippen LogP contribution is -2.52. The monoisotopic (exact) mass is 373 g/mol. The maximum atomic E-state index is 12.6. The Labute approximate surface area is 159 Å². The minimum Gasteiger partial charge on any atom is -0.381 e. The Balaban J connectivity index is 1.36. The molecule has 2 saturated heterocycles. The zero-order chi connectivity index (χ0) is 18.6. The van der Waals surface area contributed by atoms with Crippen LogP contribution in [0.3, 0.4) is 0 Å². The quantitative estimate of drug-likeness (QED) is 0.777. The number of carbonyl (C=O) groups excluding carboxylic acids is 2. The van der Waals surface area contributed by atoms with Crippen molar-refractivity contribution in [1.82, 2.24) is 10.2 Å². The molecular weight excluding hydrogens is 346 g/mol. The Morgan fingerprint density at radius 2 is 2.04 bits per heavy atom. The van der Waals surface area contributed by atoms with E-state index in [0.717, 1.165) is 57.2 Å². The predicted molar refractivity (Wildman–Crippen MR) is 101 cm³/mol. The summed E-state index contributed by atoms with van der Waals surface area (Å²) in [7, 11) is 0. The number of hydrogen-bond donors (Lipinski definition) is 2. The number of carbonyl (C=O) groups is 2. The van der Waals surface area contributed by atoms with Gasteiger partial charge in [-0.05, 0) is 18.1 Å². The van der Waals surface area contributed by atoms with Gasteiger partial charge in [-0.15, -0.1) is 0 Å². The van der Waals surface area contributed by atoms with E-state index in [-0.39, 0.29) is 24.3 Å². The average Bonchev–Trinajstić information content (AvgIpc) is 3.32. The summed E-state index contributed by atoms with van der Waals surface area (Å²) in [5.41, 5.74) is 1.72. The zero-order valence-electron chi connectivity index (χ0n) is 15.5. The van der Waals surface area contributed by atoms with Crippen LogP contribution in [0.4, 0.5) is 5.69 Å². The van der Waals surface area contributed by atoms with E-state index in [1.54, 1.807) is 0 Å². The molecule has 4 rings (SSSR count). The molecule has 7 nitrogen and oxygen atoms in total. The maximum Gasteiger partial charge on any atom is 0.232 e. The highest BCUT2D eigenvalue weighted by Crippen LogP contribution is 2.34. The van der Waals surface area contributed by atoms with Crippen molar-refractivity contribution >= 4 is 17.5 Å². The largest absolute Gasteiger partial charge is 0.381 e. The Hall–Kier alpha value is -1.96. The molecule has 1 aromatic carbocycles. The molecule has 0 aliphatic carbocycles. The number of hydrogen-bond acceptors (Lipinski definition) is 5. The molecule has 3 aliphatic heterocycles. The van der Waals surface area contributed by atoms with Gasteiger partial charge < -0.3 is 20.1 Å². The molecular formula is C20H27N3O4. The van der Waals surface area contributed by atoms with Crippen LogP contribution < -0.4 is 10.6 Å². The lowest BCUT2D eigenvalue weighted by molar-refractivity contribution is -0.125. The lowest BCUT2D eigenvalue weighted by atomic mass is 9.95. The summed E-state index contributed by atoms with van der Waals surface area (Å²) in [6.07, 6.45) is 1.20. The van der Waals surface area contributed by atoms with Crippen LogP contribution in [0.2, 0.25) is 0 Å². The fourth-order valence-corrected chi connectivity index (χ4v) is 4.31. The first-order valence-electron chi connectivity index (χ1n) is 9.78. The van der Waals surface area contributed by atoms with Gasteiger partial charge in [-0.2, -0.15) is 0 Å². The number of fused-ring (bicyclic) bond motifs is 1. The molecule has 3 atom stereocenters. The minimum atomic E-state index is -0.405. The van der Waals surface area contributed by atoms with E-state index < -0.39 is 5.92 Å². The number of morpholine rings is 1. The molecule has 146 valence electrons. The summed E-state index contributed by atoms with van der Waals surface area (Å²) >= 11 is 0. The number of rotatable bonds is 6. The summed E-state index contributed by atoms with van der Waals surface area (Å²) < 4.78 is 11.0. The third kappa shape index (κ3) is 4.15. The van der Waals surface area contributed by atoms with E-state index in [4.69, 9.17) is 9.47 Å². The van der Waals surface area contributed by atoms with E-state index >= 15 is 0 Å². The molecule has 2 amide bonds. The molecule has 2 N–H and O–H groups in total. The normalized spacial score (nSPS) is 26.4. The summed E-state index contributed by atoms with van der Waals surface area (Å²) in [6.45, 7) is 5.36. The van der Waals surface area contributed by atoms with Gasteiger partial charge in [-0.3, -0.25) is 14.5 Å². The first-order chi connectivity index (χ1) is 13.2. The van der Waals surface area contributed by atoms with Crippen molar-refractivity contribution in [2.75, 3.05) is 51.4 Å². The summed E-state index contributed by atoms with van der Waals surface area (Å²) in [5, 5.41) is 5.93. The van der Waals surface area contributed by atoms with Crippen molar-refractivity contribution in [3.05, 3.63) is 29.8 Å². The van der Waals surface area contributed by atoms with Gasteiger partial charge >= 0.3 is 0 Å². The third-order valence-corrected chi connectivity index (χ3v) is 5.83. The predicted octanol–water partition coefficient (Wildman–Crippen LogP) is 0.966. The number of ether oxygens (including phenoxy) is 2. The first kappa shape index (κ1) is 18.4. The molecule has 1 aromatic rings. The Kier molecular flexibility index (Phi) is 5.71. The van der Waals surface area contributed by atoms with Crippen molar-refractivity contribution in [3.8, 4) is 0 Å². The van der Waals surface area contributed by atoms with E-state index in [0.29, 0.717) is 12.5 Å². The Bertz CT molecular complexity index is 684. The fourth-order valence-electron chi connectivity index (χ4n) is 4.31. The number of amides is 2. The van der Waals surface area contributed by atoms with Gasteiger partial charge in [-0.25, -0.2) is 0 Å². The van der Waals surface area contributed by atoms with E-state index in [1.165, 1.54) is 0 Å². The molecule has 7 heteroatoms. The Morgan fingerprint density at radius 1 is 1.22 bits per heavy atom. The molecule has 3 heterocycles. The molecule has 0 saturated carbocycles. The van der Waals surface area contributed by atoms with Gasteiger partial charge in [0.2, 0.25) is 11.8 Å². The zero-order valence-corrected chi connectivity index (χ0v) is 15.5. The van der Waals surface area contributed by atoms with Crippen LogP contribution in [0, 0.1) is 5.92 Å². The van der Waals surface area contributed by atoms with E-state index in [1.807, 2.05) is 24.3 Å². The van der Waals surface area contributed by atoms with Gasteiger partial charge in [0.1, 0.15) is 0 Å². The van der Waals surface area contributed by atoms with Gasteiger partial charge in [-0.1, -0.05) is 18.2 Å². The molecule has 2 fully saturated rings. The van der Waals surface area contributed by atoms with Crippen LogP contribution >= 0.6 is 0 Å². The standard InChI is InChI=1S/C20H27N3O4/c24-19(11-16-15-3-1-2-4-17(15)22-20(16)25)21-12-18(14-5-8-27-13-14)23-6-9-26-10-7-23/h1-4,14,16,18H,5-13H2,(H,21,24)(H,22,25)/t14-,16-,18+/m0/s1. The van der Waals surface area contributed by atoms with Gasteiger partial charge in [0.05, 0.1) is 25.7 Å². The second-order valence-corrected chi connectivity index (χ2v) is 7.48. The summed E-state index contributed by atoms with van der Waals surface area (Å²) in [6, 6.07) is 7.83. The van der Waals surface area contributed by atoms with Crippen LogP contribution in [-0.2, 0) is 19.1 Å². The van der Waals surface area contributed by atoms with Gasteiger partial charge in [0, 0.05) is 50.3 Å². The van der Waals surface area contributed by atoms with Crippen molar-refractivity contribution < 1.29 is 19.1 Å². The van der Waals surface area contributed by atoms with Crippen molar-refractivity contribution in [3.63, 3.8) is 0 Å². The molecule has 27 heavy (non-hydrogen) atoms. The van der Waals surface area contributed by atoms with Crippen molar-refractivity contribution in [2.45, 2.75) is 24.8 Å². The third-order valence-electron chi connectivity index (χ3n) is 5.83. The topological polar surface area (TPSA) is 79.9 Å². The fraction of sp³-hybridized carbons (Fsp3) is 0.600. The average molecular weight is 373 g/mol. The number of para-hydroxylation sites is 1.